The lowest BCUT2D eigenvalue weighted by atomic mass is 10.1. The van der Waals surface area contributed by atoms with Gasteiger partial charge in [0.05, 0.1) is 4.90 Å². The molecule has 0 spiro atoms. The van der Waals surface area contributed by atoms with E-state index in [-0.39, 0.29) is 34.1 Å². The standard InChI is InChI=1S/C23H19FN2O3S/c1-16-7-11-18(12-8-16)21-26-23(30(27,28)20-5-3-2-4-6-20)22(29-21)25-15-17-9-13-19(24)14-10-17/h2-14,25H,15H2,1H3. The normalized spacial score (nSPS) is 11.4. The van der Waals surface area contributed by atoms with E-state index in [4.69, 9.17) is 4.42 Å². The Labute approximate surface area is 174 Å². The molecule has 0 amide bonds. The number of anilines is 1. The van der Waals surface area contributed by atoms with Crippen molar-refractivity contribution in [2.24, 2.45) is 0 Å². The fraction of sp³-hybridized carbons (Fsp3) is 0.0870. The molecule has 5 nitrogen and oxygen atoms in total. The summed E-state index contributed by atoms with van der Waals surface area (Å²) >= 11 is 0. The minimum atomic E-state index is -3.90. The number of nitrogens with one attached hydrogen (secondary N) is 1. The average Bonchev–Trinajstić information content (AvgIpc) is 3.20. The molecule has 0 unspecified atom stereocenters. The summed E-state index contributed by atoms with van der Waals surface area (Å²) < 4.78 is 45.4. The maximum Gasteiger partial charge on any atom is 0.234 e. The molecule has 152 valence electrons. The highest BCUT2D eigenvalue weighted by molar-refractivity contribution is 7.91. The van der Waals surface area contributed by atoms with Crippen molar-refractivity contribution >= 4 is 15.7 Å². The zero-order chi connectivity index (χ0) is 21.1. The highest BCUT2D eigenvalue weighted by Crippen LogP contribution is 2.32. The van der Waals surface area contributed by atoms with Gasteiger partial charge in [-0.25, -0.2) is 12.8 Å². The Kier molecular flexibility index (Phi) is 5.37. The molecule has 0 aliphatic carbocycles. The van der Waals surface area contributed by atoms with Gasteiger partial charge in [-0.2, -0.15) is 4.98 Å². The molecule has 0 atom stereocenters. The summed E-state index contributed by atoms with van der Waals surface area (Å²) in [6.45, 7) is 2.21. The Morgan fingerprint density at radius 2 is 1.60 bits per heavy atom. The van der Waals surface area contributed by atoms with E-state index in [0.717, 1.165) is 11.1 Å². The summed E-state index contributed by atoms with van der Waals surface area (Å²) in [6, 6.07) is 21.4. The zero-order valence-corrected chi connectivity index (χ0v) is 17.0. The van der Waals surface area contributed by atoms with Crippen molar-refractivity contribution in [3.8, 4) is 11.5 Å². The van der Waals surface area contributed by atoms with Crippen LogP contribution in [0.25, 0.3) is 11.5 Å². The van der Waals surface area contributed by atoms with Gasteiger partial charge in [-0.05, 0) is 48.9 Å². The van der Waals surface area contributed by atoms with Gasteiger partial charge >= 0.3 is 0 Å². The number of halogens is 1. The van der Waals surface area contributed by atoms with Crippen molar-refractivity contribution in [2.75, 3.05) is 5.32 Å². The van der Waals surface area contributed by atoms with Crippen LogP contribution in [0.5, 0.6) is 0 Å². The van der Waals surface area contributed by atoms with Gasteiger partial charge in [0.15, 0.2) is 0 Å². The summed E-state index contributed by atoms with van der Waals surface area (Å²) in [4.78, 5) is 4.43. The highest BCUT2D eigenvalue weighted by atomic mass is 32.2. The predicted molar refractivity (Wildman–Crippen MR) is 112 cm³/mol. The lowest BCUT2D eigenvalue weighted by Gasteiger charge is -2.06. The number of aromatic nitrogens is 1. The van der Waals surface area contributed by atoms with Gasteiger partial charge in [-0.1, -0.05) is 48.0 Å². The first-order valence-corrected chi connectivity index (χ1v) is 10.8. The predicted octanol–water partition coefficient (Wildman–Crippen LogP) is 5.23. The number of nitrogens with zero attached hydrogens (tertiary/aromatic N) is 1. The summed E-state index contributed by atoms with van der Waals surface area (Å²) in [5, 5.41) is 2.81. The topological polar surface area (TPSA) is 72.2 Å². The Morgan fingerprint density at radius 1 is 0.933 bits per heavy atom. The zero-order valence-electron chi connectivity index (χ0n) is 16.2. The molecule has 0 bridgehead atoms. The lowest BCUT2D eigenvalue weighted by molar-refractivity contribution is 0.576. The third-order valence-corrected chi connectivity index (χ3v) is 6.25. The lowest BCUT2D eigenvalue weighted by Crippen LogP contribution is -2.07. The van der Waals surface area contributed by atoms with E-state index in [1.165, 1.54) is 24.3 Å². The minimum Gasteiger partial charge on any atom is -0.419 e. The van der Waals surface area contributed by atoms with Crippen LogP contribution in [0.15, 0.2) is 93.2 Å². The molecule has 0 aliphatic heterocycles. The fourth-order valence-corrected chi connectivity index (χ4v) is 4.22. The summed E-state index contributed by atoms with van der Waals surface area (Å²) in [5.41, 5.74) is 2.50. The van der Waals surface area contributed by atoms with Gasteiger partial charge in [-0.3, -0.25) is 0 Å². The summed E-state index contributed by atoms with van der Waals surface area (Å²) in [7, 11) is -3.90. The first-order valence-electron chi connectivity index (χ1n) is 9.30. The Balaban J connectivity index is 1.74. The van der Waals surface area contributed by atoms with Crippen molar-refractivity contribution < 1.29 is 17.2 Å². The Morgan fingerprint density at radius 3 is 2.27 bits per heavy atom. The maximum absolute atomic E-state index is 13.2. The molecule has 4 aromatic rings. The van der Waals surface area contributed by atoms with E-state index >= 15 is 0 Å². The van der Waals surface area contributed by atoms with Crippen molar-refractivity contribution in [3.63, 3.8) is 0 Å². The van der Waals surface area contributed by atoms with Crippen LogP contribution in [0.3, 0.4) is 0 Å². The molecule has 3 aromatic carbocycles. The molecular weight excluding hydrogens is 403 g/mol. The van der Waals surface area contributed by atoms with Crippen molar-refractivity contribution in [1.82, 2.24) is 4.98 Å². The maximum atomic E-state index is 13.2. The molecule has 0 saturated heterocycles. The molecule has 1 N–H and O–H groups in total. The van der Waals surface area contributed by atoms with Gasteiger partial charge in [0, 0.05) is 12.1 Å². The summed E-state index contributed by atoms with van der Waals surface area (Å²) in [6.07, 6.45) is 0. The van der Waals surface area contributed by atoms with Crippen LogP contribution >= 0.6 is 0 Å². The van der Waals surface area contributed by atoms with E-state index in [9.17, 15) is 12.8 Å². The number of hydrogen-bond acceptors (Lipinski definition) is 5. The quantitative estimate of drug-likeness (QED) is 0.460. The number of sulfone groups is 1. The second-order valence-electron chi connectivity index (χ2n) is 6.82. The first-order chi connectivity index (χ1) is 14.4. The number of rotatable bonds is 6. The molecule has 0 saturated carbocycles. The van der Waals surface area contributed by atoms with Gasteiger partial charge < -0.3 is 9.73 Å². The second kappa shape index (κ2) is 8.12. The molecule has 7 heteroatoms. The van der Waals surface area contributed by atoms with Crippen molar-refractivity contribution in [2.45, 2.75) is 23.4 Å². The van der Waals surface area contributed by atoms with Gasteiger partial charge in [0.25, 0.3) is 0 Å². The molecule has 0 aliphatic rings. The molecule has 30 heavy (non-hydrogen) atoms. The molecule has 1 heterocycles. The van der Waals surface area contributed by atoms with E-state index in [0.29, 0.717) is 5.56 Å². The van der Waals surface area contributed by atoms with Crippen molar-refractivity contribution in [3.05, 3.63) is 95.8 Å². The van der Waals surface area contributed by atoms with Gasteiger partial charge in [0.1, 0.15) is 5.82 Å². The fourth-order valence-electron chi connectivity index (χ4n) is 2.92. The van der Waals surface area contributed by atoms with Crippen LogP contribution in [0.2, 0.25) is 0 Å². The number of oxazole rings is 1. The summed E-state index contributed by atoms with van der Waals surface area (Å²) in [5.74, 6) is -0.0997. The van der Waals surface area contributed by atoms with Crippen LogP contribution in [0.4, 0.5) is 10.3 Å². The van der Waals surface area contributed by atoms with Crippen LogP contribution in [-0.2, 0) is 16.4 Å². The van der Waals surface area contributed by atoms with E-state index in [2.05, 4.69) is 10.3 Å². The molecule has 4 rings (SSSR count). The molecule has 1 aromatic heterocycles. The average molecular weight is 422 g/mol. The Bertz CT molecular complexity index is 1250. The van der Waals surface area contributed by atoms with E-state index in [1.807, 2.05) is 31.2 Å². The van der Waals surface area contributed by atoms with E-state index in [1.54, 1.807) is 30.3 Å². The molecular formula is C23H19FN2O3S. The van der Waals surface area contributed by atoms with Crippen LogP contribution in [0.1, 0.15) is 11.1 Å². The third-order valence-electron chi connectivity index (χ3n) is 4.57. The Hall–Kier alpha value is -3.45. The third kappa shape index (κ3) is 4.11. The second-order valence-corrected chi connectivity index (χ2v) is 8.68. The number of aryl methyl sites for hydroxylation is 1. The van der Waals surface area contributed by atoms with Crippen molar-refractivity contribution in [1.29, 1.82) is 0 Å². The van der Waals surface area contributed by atoms with Crippen LogP contribution < -0.4 is 5.32 Å². The van der Waals surface area contributed by atoms with Crippen LogP contribution in [-0.4, -0.2) is 13.4 Å². The largest absolute Gasteiger partial charge is 0.419 e. The monoisotopic (exact) mass is 422 g/mol. The SMILES string of the molecule is Cc1ccc(-c2nc(S(=O)(=O)c3ccccc3)c(NCc3ccc(F)cc3)o2)cc1. The number of hydrogen-bond donors (Lipinski definition) is 1. The highest BCUT2D eigenvalue weighted by Gasteiger charge is 2.28. The van der Waals surface area contributed by atoms with E-state index < -0.39 is 9.84 Å². The molecule has 0 radical (unpaired) electrons. The van der Waals surface area contributed by atoms with Gasteiger partial charge in [-0.15, -0.1) is 0 Å². The smallest absolute Gasteiger partial charge is 0.234 e. The minimum absolute atomic E-state index is 0.0405. The van der Waals surface area contributed by atoms with Crippen LogP contribution in [0, 0.1) is 12.7 Å². The number of benzene rings is 3. The first kappa shape index (κ1) is 19.8. The molecule has 0 fully saturated rings. The van der Waals surface area contributed by atoms with Gasteiger partial charge in [0.2, 0.25) is 26.6 Å².